The Morgan fingerprint density at radius 1 is 1.35 bits per heavy atom. The molecule has 0 spiro atoms. The quantitative estimate of drug-likeness (QED) is 0.796. The Hall–Kier alpha value is -1.55. The van der Waals surface area contributed by atoms with E-state index in [9.17, 15) is 8.78 Å². The second-order valence-corrected chi connectivity index (χ2v) is 5.12. The van der Waals surface area contributed by atoms with Crippen LogP contribution in [0, 0.1) is 18.2 Å². The third-order valence-electron chi connectivity index (χ3n) is 3.89. The number of morpholine rings is 1. The molecule has 2 fully saturated rings. The van der Waals surface area contributed by atoms with E-state index in [1.165, 1.54) is 12.1 Å². The van der Waals surface area contributed by atoms with E-state index in [0.717, 1.165) is 19.6 Å². The number of benzene rings is 1. The van der Waals surface area contributed by atoms with Crippen molar-refractivity contribution in [2.45, 2.75) is 12.1 Å². The molecule has 0 bridgehead atoms. The molecule has 3 rings (SSSR count). The molecule has 106 valence electrons. The van der Waals surface area contributed by atoms with Gasteiger partial charge in [-0.3, -0.25) is 4.90 Å². The Balaban J connectivity index is 1.82. The number of nitrogens with zero attached hydrogens (tertiary/aromatic N) is 2. The SMILES string of the molecule is [C-]#[N+]c1c(F)cc([C@@H]2CN3CCNC[C@H]3CO2)cc1F. The van der Waals surface area contributed by atoms with Gasteiger partial charge in [0.1, 0.15) is 11.6 Å². The van der Waals surface area contributed by atoms with Crippen LogP contribution >= 0.6 is 0 Å². The summed E-state index contributed by atoms with van der Waals surface area (Å²) in [5.41, 5.74) is -0.0889. The van der Waals surface area contributed by atoms with Crippen molar-refractivity contribution >= 4 is 5.69 Å². The zero-order valence-corrected chi connectivity index (χ0v) is 10.9. The molecule has 0 radical (unpaired) electrons. The Bertz CT molecular complexity index is 535. The van der Waals surface area contributed by atoms with Gasteiger partial charge in [-0.1, -0.05) is 0 Å². The van der Waals surface area contributed by atoms with Crippen LogP contribution in [0.15, 0.2) is 12.1 Å². The molecule has 2 saturated heterocycles. The fourth-order valence-corrected chi connectivity index (χ4v) is 2.78. The first-order valence-corrected chi connectivity index (χ1v) is 6.62. The highest BCUT2D eigenvalue weighted by Gasteiger charge is 2.32. The molecular weight excluding hydrogens is 264 g/mol. The highest BCUT2D eigenvalue weighted by molar-refractivity contribution is 5.49. The average molecular weight is 279 g/mol. The van der Waals surface area contributed by atoms with Crippen LogP contribution in [0.1, 0.15) is 11.7 Å². The number of hydrogen-bond donors (Lipinski definition) is 1. The maximum absolute atomic E-state index is 13.7. The van der Waals surface area contributed by atoms with E-state index in [-0.39, 0.29) is 6.10 Å². The lowest BCUT2D eigenvalue weighted by molar-refractivity contribution is -0.0719. The molecular formula is C14H15F2N3O. The van der Waals surface area contributed by atoms with E-state index in [1.807, 2.05) is 0 Å². The topological polar surface area (TPSA) is 28.9 Å². The Labute approximate surface area is 116 Å². The molecule has 2 heterocycles. The summed E-state index contributed by atoms with van der Waals surface area (Å²) in [6, 6.07) is 2.75. The first-order valence-electron chi connectivity index (χ1n) is 6.62. The molecule has 0 amide bonds. The maximum Gasteiger partial charge on any atom is 0.256 e. The van der Waals surface area contributed by atoms with Gasteiger partial charge in [-0.2, -0.15) is 0 Å². The number of piperazine rings is 1. The smallest absolute Gasteiger partial charge is 0.256 e. The summed E-state index contributed by atoms with van der Waals surface area (Å²) in [6.07, 6.45) is -0.340. The van der Waals surface area contributed by atoms with E-state index in [0.29, 0.717) is 24.8 Å². The van der Waals surface area contributed by atoms with Gasteiger partial charge in [0.15, 0.2) is 0 Å². The van der Waals surface area contributed by atoms with Gasteiger partial charge in [-0.15, -0.1) is 0 Å². The van der Waals surface area contributed by atoms with Crippen LogP contribution in [0.3, 0.4) is 0 Å². The molecule has 6 heteroatoms. The van der Waals surface area contributed by atoms with Crippen molar-refractivity contribution in [3.8, 4) is 0 Å². The zero-order valence-electron chi connectivity index (χ0n) is 10.9. The molecule has 4 nitrogen and oxygen atoms in total. The van der Waals surface area contributed by atoms with E-state index in [2.05, 4.69) is 15.1 Å². The molecule has 0 unspecified atom stereocenters. The minimum atomic E-state index is -0.818. The van der Waals surface area contributed by atoms with Gasteiger partial charge in [0.25, 0.3) is 5.69 Å². The van der Waals surface area contributed by atoms with Crippen LogP contribution in [0.4, 0.5) is 14.5 Å². The third kappa shape index (κ3) is 2.40. The van der Waals surface area contributed by atoms with E-state index >= 15 is 0 Å². The van der Waals surface area contributed by atoms with Crippen LogP contribution in [0.2, 0.25) is 0 Å². The van der Waals surface area contributed by atoms with Crippen LogP contribution in [-0.2, 0) is 4.74 Å². The third-order valence-corrected chi connectivity index (χ3v) is 3.89. The van der Waals surface area contributed by atoms with Crippen LogP contribution in [-0.4, -0.2) is 43.7 Å². The highest BCUT2D eigenvalue weighted by Crippen LogP contribution is 2.30. The first-order chi connectivity index (χ1) is 9.69. The van der Waals surface area contributed by atoms with Crippen molar-refractivity contribution < 1.29 is 13.5 Å². The molecule has 0 aliphatic carbocycles. The molecule has 0 aromatic heterocycles. The summed E-state index contributed by atoms with van der Waals surface area (Å²) in [4.78, 5) is 5.14. The number of ether oxygens (including phenoxy) is 1. The van der Waals surface area contributed by atoms with Crippen molar-refractivity contribution in [2.24, 2.45) is 0 Å². The van der Waals surface area contributed by atoms with E-state index in [4.69, 9.17) is 11.3 Å². The molecule has 2 atom stereocenters. The van der Waals surface area contributed by atoms with Crippen molar-refractivity contribution in [3.05, 3.63) is 40.7 Å². The summed E-state index contributed by atoms with van der Waals surface area (Å²) in [5, 5.41) is 3.30. The van der Waals surface area contributed by atoms with Crippen LogP contribution in [0.25, 0.3) is 4.85 Å². The minimum Gasteiger partial charge on any atom is -0.371 e. The van der Waals surface area contributed by atoms with Crippen molar-refractivity contribution in [1.29, 1.82) is 0 Å². The molecule has 2 aliphatic rings. The van der Waals surface area contributed by atoms with Gasteiger partial charge in [0.05, 0.1) is 19.3 Å². The second-order valence-electron chi connectivity index (χ2n) is 5.12. The summed E-state index contributed by atoms with van der Waals surface area (Å²) in [6.45, 7) is 10.6. The van der Waals surface area contributed by atoms with Crippen molar-refractivity contribution in [2.75, 3.05) is 32.8 Å². The van der Waals surface area contributed by atoms with Crippen LogP contribution in [0.5, 0.6) is 0 Å². The summed E-state index contributed by atoms with van der Waals surface area (Å²) < 4.78 is 33.1. The Kier molecular flexibility index (Phi) is 3.66. The fourth-order valence-electron chi connectivity index (χ4n) is 2.78. The van der Waals surface area contributed by atoms with E-state index in [1.54, 1.807) is 0 Å². The number of hydrogen-bond acceptors (Lipinski definition) is 3. The average Bonchev–Trinajstić information content (AvgIpc) is 2.46. The van der Waals surface area contributed by atoms with Crippen LogP contribution < -0.4 is 5.32 Å². The molecule has 20 heavy (non-hydrogen) atoms. The highest BCUT2D eigenvalue weighted by atomic mass is 19.1. The van der Waals surface area contributed by atoms with Gasteiger partial charge in [-0.05, 0) is 17.7 Å². The number of nitrogens with one attached hydrogen (secondary N) is 1. The summed E-state index contributed by atoms with van der Waals surface area (Å²) in [7, 11) is 0. The van der Waals surface area contributed by atoms with Gasteiger partial charge in [-0.25, -0.2) is 13.6 Å². The normalized spacial score (nSPS) is 26.9. The monoisotopic (exact) mass is 279 g/mol. The standard InChI is InChI=1S/C14H15F2N3O/c1-17-14-11(15)4-9(5-12(14)16)13-7-19-3-2-18-6-10(19)8-20-13/h4-5,10,13,18H,2-3,6-8H2/t10-,13-/m0/s1. The lowest BCUT2D eigenvalue weighted by atomic mass is 10.0. The number of fused-ring (bicyclic) bond motifs is 1. The Morgan fingerprint density at radius 2 is 2.10 bits per heavy atom. The summed E-state index contributed by atoms with van der Waals surface area (Å²) >= 11 is 0. The minimum absolute atomic E-state index is 0.331. The Morgan fingerprint density at radius 3 is 2.80 bits per heavy atom. The predicted octanol–water partition coefficient (Wildman–Crippen LogP) is 1.86. The molecule has 2 aliphatic heterocycles. The number of halogens is 2. The maximum atomic E-state index is 13.7. The molecule has 0 saturated carbocycles. The lowest BCUT2D eigenvalue weighted by Gasteiger charge is -2.42. The fraction of sp³-hybridized carbons (Fsp3) is 0.500. The predicted molar refractivity (Wildman–Crippen MR) is 69.5 cm³/mol. The summed E-state index contributed by atoms with van der Waals surface area (Å²) in [5.74, 6) is -1.64. The first kappa shape index (κ1) is 13.4. The molecule has 1 aromatic rings. The van der Waals surface area contributed by atoms with Gasteiger partial charge in [0, 0.05) is 32.2 Å². The second kappa shape index (κ2) is 5.44. The van der Waals surface area contributed by atoms with Crippen molar-refractivity contribution in [3.63, 3.8) is 0 Å². The van der Waals surface area contributed by atoms with E-state index < -0.39 is 17.3 Å². The van der Waals surface area contributed by atoms with Gasteiger partial charge in [0.2, 0.25) is 0 Å². The number of rotatable bonds is 1. The lowest BCUT2D eigenvalue weighted by Crippen LogP contribution is -2.57. The van der Waals surface area contributed by atoms with Crippen molar-refractivity contribution in [1.82, 2.24) is 10.2 Å². The van der Waals surface area contributed by atoms with Gasteiger partial charge >= 0.3 is 0 Å². The van der Waals surface area contributed by atoms with Gasteiger partial charge < -0.3 is 10.1 Å². The molecule has 1 aromatic carbocycles. The molecule has 1 N–H and O–H groups in total. The zero-order chi connectivity index (χ0) is 14.1. The largest absolute Gasteiger partial charge is 0.371 e.